The largest absolute Gasteiger partial charge is 0.374 e. The minimum absolute atomic E-state index is 0.00316. The zero-order valence-corrected chi connectivity index (χ0v) is 12.4. The summed E-state index contributed by atoms with van der Waals surface area (Å²) < 4.78 is 5.77. The normalized spacial score (nSPS) is 38.1. The highest BCUT2D eigenvalue weighted by atomic mass is 16.5. The van der Waals surface area contributed by atoms with Gasteiger partial charge in [0.2, 0.25) is 5.91 Å². The van der Waals surface area contributed by atoms with Crippen molar-refractivity contribution in [1.29, 1.82) is 0 Å². The first-order chi connectivity index (χ1) is 8.99. The Morgan fingerprint density at radius 3 is 2.32 bits per heavy atom. The van der Waals surface area contributed by atoms with Crippen molar-refractivity contribution in [1.82, 2.24) is 5.32 Å². The van der Waals surface area contributed by atoms with E-state index in [1.54, 1.807) is 0 Å². The third kappa shape index (κ3) is 2.95. The summed E-state index contributed by atoms with van der Waals surface area (Å²) in [5.74, 6) is 0.366. The highest BCUT2D eigenvalue weighted by molar-refractivity contribution is 5.80. The Bertz CT molecular complexity index is 326. The lowest BCUT2D eigenvalue weighted by molar-refractivity contribution is -0.129. The fourth-order valence-electron chi connectivity index (χ4n) is 3.67. The molecule has 110 valence electrons. The van der Waals surface area contributed by atoms with Gasteiger partial charge in [0.05, 0.1) is 23.7 Å². The van der Waals surface area contributed by atoms with E-state index in [-0.39, 0.29) is 35.5 Å². The van der Waals surface area contributed by atoms with Crippen LogP contribution < -0.4 is 11.1 Å². The molecule has 0 spiro atoms. The third-order valence-electron chi connectivity index (χ3n) is 5.13. The molecule has 2 rings (SSSR count). The molecule has 4 atom stereocenters. The molecular formula is C15H28N2O2. The predicted molar refractivity (Wildman–Crippen MR) is 75.7 cm³/mol. The van der Waals surface area contributed by atoms with Crippen LogP contribution in [-0.4, -0.2) is 30.2 Å². The van der Waals surface area contributed by atoms with Gasteiger partial charge in [-0.05, 0) is 32.6 Å². The van der Waals surface area contributed by atoms with Crippen molar-refractivity contribution >= 4 is 5.91 Å². The van der Waals surface area contributed by atoms with Gasteiger partial charge in [-0.2, -0.15) is 0 Å². The number of carbonyl (C=O) groups excluding carboxylic acids is 1. The Labute approximate surface area is 116 Å². The fourth-order valence-corrected chi connectivity index (χ4v) is 3.67. The first-order valence-electron chi connectivity index (χ1n) is 7.67. The summed E-state index contributed by atoms with van der Waals surface area (Å²) in [6.07, 6.45) is 5.78. The van der Waals surface area contributed by atoms with Crippen LogP contribution in [-0.2, 0) is 9.53 Å². The van der Waals surface area contributed by atoms with Crippen LogP contribution in [0.25, 0.3) is 0 Å². The van der Waals surface area contributed by atoms with Crippen molar-refractivity contribution in [2.75, 3.05) is 6.54 Å². The molecule has 1 aliphatic carbocycles. The summed E-state index contributed by atoms with van der Waals surface area (Å²) in [6.45, 7) is 6.70. The van der Waals surface area contributed by atoms with Crippen LogP contribution in [0.15, 0.2) is 0 Å². The number of amides is 1. The van der Waals surface area contributed by atoms with Crippen molar-refractivity contribution in [3.05, 3.63) is 0 Å². The van der Waals surface area contributed by atoms with E-state index in [1.807, 2.05) is 13.8 Å². The summed E-state index contributed by atoms with van der Waals surface area (Å²) in [7, 11) is 0. The molecule has 4 nitrogen and oxygen atoms in total. The van der Waals surface area contributed by atoms with E-state index < -0.39 is 0 Å². The van der Waals surface area contributed by atoms with Gasteiger partial charge in [-0.1, -0.05) is 26.2 Å². The van der Waals surface area contributed by atoms with E-state index in [0.29, 0.717) is 6.54 Å². The standard InChI is InChI=1S/C15H28N2O2/c1-10-11(2)19-12(3)13(10)14(18)17-15(9-16)7-5-4-6-8-15/h10-13H,4-9,16H2,1-3H3,(H,17,18). The number of nitrogens with one attached hydrogen (secondary N) is 1. The Morgan fingerprint density at radius 1 is 1.21 bits per heavy atom. The topological polar surface area (TPSA) is 64.3 Å². The Kier molecular flexibility index (Phi) is 4.51. The second-order valence-corrected chi connectivity index (χ2v) is 6.47. The van der Waals surface area contributed by atoms with Crippen LogP contribution >= 0.6 is 0 Å². The van der Waals surface area contributed by atoms with Crippen molar-refractivity contribution in [3.63, 3.8) is 0 Å². The number of hydrogen-bond acceptors (Lipinski definition) is 3. The van der Waals surface area contributed by atoms with E-state index in [1.165, 1.54) is 19.3 Å². The molecule has 0 aromatic rings. The lowest BCUT2D eigenvalue weighted by Crippen LogP contribution is -2.57. The molecule has 4 heteroatoms. The summed E-state index contributed by atoms with van der Waals surface area (Å²) in [6, 6.07) is 0. The monoisotopic (exact) mass is 268 g/mol. The Morgan fingerprint density at radius 2 is 1.84 bits per heavy atom. The molecule has 1 saturated heterocycles. The van der Waals surface area contributed by atoms with Crippen LogP contribution in [0.1, 0.15) is 52.9 Å². The predicted octanol–water partition coefficient (Wildman–Crippen LogP) is 1.82. The third-order valence-corrected chi connectivity index (χ3v) is 5.13. The quantitative estimate of drug-likeness (QED) is 0.820. The lowest BCUT2D eigenvalue weighted by atomic mass is 9.80. The van der Waals surface area contributed by atoms with E-state index in [9.17, 15) is 4.79 Å². The maximum Gasteiger partial charge on any atom is 0.226 e. The second-order valence-electron chi connectivity index (χ2n) is 6.47. The molecule has 1 aliphatic heterocycles. The summed E-state index contributed by atoms with van der Waals surface area (Å²) >= 11 is 0. The van der Waals surface area contributed by atoms with E-state index in [0.717, 1.165) is 12.8 Å². The SMILES string of the molecule is CC1OC(C)C(C(=O)NC2(CN)CCCCC2)C1C. The average Bonchev–Trinajstić information content (AvgIpc) is 2.64. The van der Waals surface area contributed by atoms with Crippen LogP contribution in [0, 0.1) is 11.8 Å². The summed E-state index contributed by atoms with van der Waals surface area (Å²) in [5, 5.41) is 3.26. The summed E-state index contributed by atoms with van der Waals surface area (Å²) in [5.41, 5.74) is 5.77. The van der Waals surface area contributed by atoms with E-state index >= 15 is 0 Å². The highest BCUT2D eigenvalue weighted by Gasteiger charge is 2.44. The van der Waals surface area contributed by atoms with Gasteiger partial charge in [0.1, 0.15) is 0 Å². The van der Waals surface area contributed by atoms with Gasteiger partial charge in [-0.25, -0.2) is 0 Å². The number of ether oxygens (including phenoxy) is 1. The van der Waals surface area contributed by atoms with Gasteiger partial charge < -0.3 is 15.8 Å². The molecule has 19 heavy (non-hydrogen) atoms. The van der Waals surface area contributed by atoms with Crippen LogP contribution in [0.4, 0.5) is 0 Å². The molecule has 0 bridgehead atoms. The van der Waals surface area contributed by atoms with Crippen molar-refractivity contribution in [3.8, 4) is 0 Å². The molecule has 1 heterocycles. The van der Waals surface area contributed by atoms with E-state index in [2.05, 4.69) is 12.2 Å². The number of hydrogen-bond donors (Lipinski definition) is 2. The van der Waals surface area contributed by atoms with Crippen LogP contribution in [0.2, 0.25) is 0 Å². The van der Waals surface area contributed by atoms with Crippen LogP contribution in [0.5, 0.6) is 0 Å². The van der Waals surface area contributed by atoms with Gasteiger partial charge in [0, 0.05) is 6.54 Å². The molecule has 3 N–H and O–H groups in total. The molecule has 0 radical (unpaired) electrons. The second kappa shape index (κ2) is 5.80. The van der Waals surface area contributed by atoms with Gasteiger partial charge in [-0.3, -0.25) is 4.79 Å². The molecular weight excluding hydrogens is 240 g/mol. The Balaban J connectivity index is 2.03. The number of nitrogens with two attached hydrogens (primary N) is 1. The van der Waals surface area contributed by atoms with E-state index in [4.69, 9.17) is 10.5 Å². The van der Waals surface area contributed by atoms with Crippen LogP contribution in [0.3, 0.4) is 0 Å². The average molecular weight is 268 g/mol. The molecule has 0 aromatic heterocycles. The number of carbonyl (C=O) groups is 1. The van der Waals surface area contributed by atoms with Gasteiger partial charge >= 0.3 is 0 Å². The first kappa shape index (κ1) is 14.8. The highest BCUT2D eigenvalue weighted by Crippen LogP contribution is 2.34. The zero-order valence-electron chi connectivity index (χ0n) is 12.4. The zero-order chi connectivity index (χ0) is 14.0. The molecule has 2 fully saturated rings. The molecule has 0 aromatic carbocycles. The molecule has 1 amide bonds. The molecule has 2 aliphatic rings. The Hall–Kier alpha value is -0.610. The van der Waals surface area contributed by atoms with Gasteiger partial charge in [-0.15, -0.1) is 0 Å². The lowest BCUT2D eigenvalue weighted by Gasteiger charge is -2.38. The summed E-state index contributed by atoms with van der Waals surface area (Å²) in [4.78, 5) is 12.6. The van der Waals surface area contributed by atoms with Gasteiger partial charge in [0.25, 0.3) is 0 Å². The molecule has 1 saturated carbocycles. The van der Waals surface area contributed by atoms with Crippen molar-refractivity contribution < 1.29 is 9.53 Å². The smallest absolute Gasteiger partial charge is 0.226 e. The minimum atomic E-state index is -0.166. The maximum atomic E-state index is 12.6. The number of rotatable bonds is 3. The van der Waals surface area contributed by atoms with Crippen molar-refractivity contribution in [2.24, 2.45) is 17.6 Å². The fraction of sp³-hybridized carbons (Fsp3) is 0.933. The van der Waals surface area contributed by atoms with Gasteiger partial charge in [0.15, 0.2) is 0 Å². The maximum absolute atomic E-state index is 12.6. The molecule has 4 unspecified atom stereocenters. The first-order valence-corrected chi connectivity index (χ1v) is 7.67. The minimum Gasteiger partial charge on any atom is -0.374 e. The van der Waals surface area contributed by atoms with Crippen molar-refractivity contribution in [2.45, 2.75) is 70.6 Å².